The Morgan fingerprint density at radius 3 is 2.42 bits per heavy atom. The number of carbonyl (C=O) groups excluding carboxylic acids is 1. The van der Waals surface area contributed by atoms with Gasteiger partial charge in [0.05, 0.1) is 23.9 Å². The smallest absolute Gasteiger partial charge is 0.244 e. The molecule has 0 aliphatic heterocycles. The lowest BCUT2D eigenvalue weighted by atomic mass is 9.98. The van der Waals surface area contributed by atoms with Gasteiger partial charge in [0.1, 0.15) is 5.75 Å². The van der Waals surface area contributed by atoms with Gasteiger partial charge in [0.25, 0.3) is 0 Å². The maximum Gasteiger partial charge on any atom is 0.244 e. The van der Waals surface area contributed by atoms with E-state index in [4.69, 9.17) is 4.74 Å². The van der Waals surface area contributed by atoms with E-state index >= 15 is 0 Å². The number of thiazole rings is 1. The van der Waals surface area contributed by atoms with E-state index in [1.807, 2.05) is 66.9 Å². The van der Waals surface area contributed by atoms with Crippen molar-refractivity contribution < 1.29 is 9.53 Å². The summed E-state index contributed by atoms with van der Waals surface area (Å²) in [6, 6.07) is 17.4. The topological polar surface area (TPSA) is 51.2 Å². The standard InChI is InChI=1S/C21H20N2O2S/c1-15-22-18(14-26-15)10-13-20(24)23-21(16-6-4-3-5-7-16)17-8-11-19(25-2)12-9-17/h3-14,21H,1-2H3,(H,23,24)/b13-10+. The molecule has 2 aromatic carbocycles. The Hall–Kier alpha value is -2.92. The van der Waals surface area contributed by atoms with Gasteiger partial charge in [-0.1, -0.05) is 42.5 Å². The summed E-state index contributed by atoms with van der Waals surface area (Å²) in [5, 5.41) is 5.98. The minimum absolute atomic E-state index is 0.166. The molecule has 3 aromatic rings. The minimum atomic E-state index is -0.239. The maximum absolute atomic E-state index is 12.5. The second-order valence-electron chi connectivity index (χ2n) is 5.75. The zero-order valence-corrected chi connectivity index (χ0v) is 15.5. The Balaban J connectivity index is 1.81. The summed E-state index contributed by atoms with van der Waals surface area (Å²) in [6.45, 7) is 1.94. The first-order chi connectivity index (χ1) is 12.7. The first kappa shape index (κ1) is 17.9. The SMILES string of the molecule is COc1ccc(C(NC(=O)/C=C/c2csc(C)n2)c2ccccc2)cc1. The molecule has 0 saturated carbocycles. The number of hydrogen-bond acceptors (Lipinski definition) is 4. The van der Waals surface area contributed by atoms with Gasteiger partial charge in [0.2, 0.25) is 5.91 Å². The van der Waals surface area contributed by atoms with Gasteiger partial charge in [0, 0.05) is 11.5 Å². The van der Waals surface area contributed by atoms with Crippen LogP contribution >= 0.6 is 11.3 Å². The second kappa shape index (κ2) is 8.45. The molecule has 5 heteroatoms. The maximum atomic E-state index is 12.5. The van der Waals surface area contributed by atoms with Gasteiger partial charge in [-0.05, 0) is 36.3 Å². The fourth-order valence-electron chi connectivity index (χ4n) is 2.61. The molecular formula is C21H20N2O2S. The summed E-state index contributed by atoms with van der Waals surface area (Å²) in [6.07, 6.45) is 3.25. The third-order valence-electron chi connectivity index (χ3n) is 3.91. The van der Waals surface area contributed by atoms with Gasteiger partial charge >= 0.3 is 0 Å². The fraction of sp³-hybridized carbons (Fsp3) is 0.143. The van der Waals surface area contributed by atoms with Crippen LogP contribution < -0.4 is 10.1 Å². The van der Waals surface area contributed by atoms with Crippen molar-refractivity contribution in [2.24, 2.45) is 0 Å². The number of nitrogens with one attached hydrogen (secondary N) is 1. The number of hydrogen-bond donors (Lipinski definition) is 1. The van der Waals surface area contributed by atoms with Crippen molar-refractivity contribution in [1.82, 2.24) is 10.3 Å². The van der Waals surface area contributed by atoms with Crippen LogP contribution in [0.1, 0.15) is 27.9 Å². The highest BCUT2D eigenvalue weighted by atomic mass is 32.1. The summed E-state index contributed by atoms with van der Waals surface area (Å²) in [5.41, 5.74) is 2.80. The monoisotopic (exact) mass is 364 g/mol. The predicted molar refractivity (Wildman–Crippen MR) is 105 cm³/mol. The Bertz CT molecular complexity index is 886. The first-order valence-corrected chi connectivity index (χ1v) is 9.13. The van der Waals surface area contributed by atoms with Crippen LogP contribution in [0.25, 0.3) is 6.08 Å². The highest BCUT2D eigenvalue weighted by molar-refractivity contribution is 7.09. The van der Waals surface area contributed by atoms with Crippen molar-refractivity contribution in [3.05, 3.63) is 87.9 Å². The molecule has 0 aliphatic carbocycles. The third kappa shape index (κ3) is 4.58. The number of methoxy groups -OCH3 is 1. The number of amides is 1. The molecule has 1 aromatic heterocycles. The van der Waals surface area contributed by atoms with Crippen molar-refractivity contribution in [1.29, 1.82) is 0 Å². The molecule has 0 bridgehead atoms. The van der Waals surface area contributed by atoms with Crippen LogP contribution in [-0.4, -0.2) is 18.0 Å². The number of carbonyl (C=O) groups is 1. The molecule has 1 unspecified atom stereocenters. The Morgan fingerprint density at radius 1 is 1.12 bits per heavy atom. The molecule has 0 saturated heterocycles. The highest BCUT2D eigenvalue weighted by Crippen LogP contribution is 2.24. The molecule has 0 radical (unpaired) electrons. The van der Waals surface area contributed by atoms with Crippen LogP contribution in [0.4, 0.5) is 0 Å². The predicted octanol–water partition coefficient (Wildman–Crippen LogP) is 4.38. The molecule has 1 atom stereocenters. The van der Waals surface area contributed by atoms with Crippen LogP contribution in [0.5, 0.6) is 5.75 Å². The van der Waals surface area contributed by atoms with E-state index in [1.165, 1.54) is 6.08 Å². The highest BCUT2D eigenvalue weighted by Gasteiger charge is 2.15. The summed E-state index contributed by atoms with van der Waals surface area (Å²) in [5.74, 6) is 0.617. The van der Waals surface area contributed by atoms with Crippen molar-refractivity contribution >= 4 is 23.3 Å². The fourth-order valence-corrected chi connectivity index (χ4v) is 3.19. The second-order valence-corrected chi connectivity index (χ2v) is 6.81. The Labute approximate surface area is 157 Å². The summed E-state index contributed by atoms with van der Waals surface area (Å²) < 4.78 is 5.22. The van der Waals surface area contributed by atoms with Gasteiger partial charge in [-0.3, -0.25) is 4.79 Å². The number of rotatable bonds is 6. The van der Waals surface area contributed by atoms with Crippen LogP contribution in [0, 0.1) is 6.92 Å². The van der Waals surface area contributed by atoms with Gasteiger partial charge < -0.3 is 10.1 Å². The Kier molecular flexibility index (Phi) is 5.81. The molecule has 1 N–H and O–H groups in total. The lowest BCUT2D eigenvalue weighted by Gasteiger charge is -2.19. The zero-order chi connectivity index (χ0) is 18.4. The molecular weight excluding hydrogens is 344 g/mol. The van der Waals surface area contributed by atoms with Crippen LogP contribution in [0.2, 0.25) is 0 Å². The van der Waals surface area contributed by atoms with E-state index in [-0.39, 0.29) is 11.9 Å². The number of benzene rings is 2. The lowest BCUT2D eigenvalue weighted by Crippen LogP contribution is -2.27. The molecule has 3 rings (SSSR count). The van der Waals surface area contributed by atoms with E-state index in [1.54, 1.807) is 24.5 Å². The first-order valence-electron chi connectivity index (χ1n) is 8.25. The van der Waals surface area contributed by atoms with Crippen molar-refractivity contribution in [3.8, 4) is 5.75 Å². The molecule has 1 heterocycles. The van der Waals surface area contributed by atoms with Crippen LogP contribution in [0.3, 0.4) is 0 Å². The van der Waals surface area contributed by atoms with E-state index < -0.39 is 0 Å². The molecule has 4 nitrogen and oxygen atoms in total. The molecule has 0 spiro atoms. The van der Waals surface area contributed by atoms with Crippen LogP contribution in [-0.2, 0) is 4.79 Å². The average Bonchev–Trinajstić information content (AvgIpc) is 3.10. The summed E-state index contributed by atoms with van der Waals surface area (Å²) in [7, 11) is 1.64. The van der Waals surface area contributed by atoms with Gasteiger partial charge in [-0.15, -0.1) is 11.3 Å². The number of ether oxygens (including phenoxy) is 1. The quantitative estimate of drug-likeness (QED) is 0.661. The average molecular weight is 364 g/mol. The molecule has 0 fully saturated rings. The van der Waals surface area contributed by atoms with E-state index in [9.17, 15) is 4.79 Å². The van der Waals surface area contributed by atoms with Crippen molar-refractivity contribution in [2.75, 3.05) is 7.11 Å². The molecule has 0 aliphatic rings. The number of nitrogens with zero attached hydrogens (tertiary/aromatic N) is 1. The summed E-state index contributed by atoms with van der Waals surface area (Å²) >= 11 is 1.56. The molecule has 26 heavy (non-hydrogen) atoms. The van der Waals surface area contributed by atoms with Gasteiger partial charge in [0.15, 0.2) is 0 Å². The number of aromatic nitrogens is 1. The normalized spacial score (nSPS) is 12.1. The molecule has 1 amide bonds. The number of aryl methyl sites for hydroxylation is 1. The van der Waals surface area contributed by atoms with E-state index in [0.29, 0.717) is 0 Å². The third-order valence-corrected chi connectivity index (χ3v) is 4.70. The van der Waals surface area contributed by atoms with Gasteiger partial charge in [-0.25, -0.2) is 4.98 Å². The lowest BCUT2D eigenvalue weighted by molar-refractivity contribution is -0.116. The van der Waals surface area contributed by atoms with Gasteiger partial charge in [-0.2, -0.15) is 0 Å². The van der Waals surface area contributed by atoms with Crippen LogP contribution in [0.15, 0.2) is 66.1 Å². The minimum Gasteiger partial charge on any atom is -0.497 e. The van der Waals surface area contributed by atoms with E-state index in [2.05, 4.69) is 10.3 Å². The largest absolute Gasteiger partial charge is 0.497 e. The van der Waals surface area contributed by atoms with E-state index in [0.717, 1.165) is 27.6 Å². The van der Waals surface area contributed by atoms with Crippen molar-refractivity contribution in [3.63, 3.8) is 0 Å². The van der Waals surface area contributed by atoms with Crippen molar-refractivity contribution in [2.45, 2.75) is 13.0 Å². The summed E-state index contributed by atoms with van der Waals surface area (Å²) in [4.78, 5) is 16.8. The molecule has 132 valence electrons. The Morgan fingerprint density at radius 2 is 1.81 bits per heavy atom. The zero-order valence-electron chi connectivity index (χ0n) is 14.7.